The topological polar surface area (TPSA) is 3.24 Å². The minimum Gasteiger partial charge on any atom is -0.355 e. The zero-order chi connectivity index (χ0) is 5.28. The van der Waals surface area contributed by atoms with Gasteiger partial charge in [-0.05, 0) is 6.20 Å². The minimum absolute atomic E-state index is 1.16. The largest absolute Gasteiger partial charge is 0.355 e. The van der Waals surface area contributed by atoms with E-state index in [9.17, 15) is 0 Å². The van der Waals surface area contributed by atoms with E-state index in [2.05, 4.69) is 12.7 Å². The van der Waals surface area contributed by atoms with Gasteiger partial charge in [0, 0.05) is 19.2 Å². The van der Waals surface area contributed by atoms with E-state index in [-0.39, 0.29) is 0 Å². The molecule has 1 aliphatic rings. The van der Waals surface area contributed by atoms with Gasteiger partial charge in [0.2, 0.25) is 0 Å². The van der Waals surface area contributed by atoms with Gasteiger partial charge < -0.3 is 4.90 Å². The van der Waals surface area contributed by atoms with Crippen molar-refractivity contribution >= 4 is 0 Å². The van der Waals surface area contributed by atoms with Crippen LogP contribution in [0.25, 0.3) is 0 Å². The Balaban J connectivity index is 2.37. The van der Waals surface area contributed by atoms with E-state index in [1.807, 2.05) is 18.1 Å². The SMILES string of the molecule is C=CN(C)C1=CC1. The maximum atomic E-state index is 3.61. The van der Waals surface area contributed by atoms with E-state index >= 15 is 0 Å². The molecule has 0 saturated carbocycles. The lowest BCUT2D eigenvalue weighted by Gasteiger charge is -2.05. The molecule has 0 aromatic carbocycles. The van der Waals surface area contributed by atoms with Crippen molar-refractivity contribution in [1.82, 2.24) is 4.90 Å². The van der Waals surface area contributed by atoms with Crippen molar-refractivity contribution in [3.63, 3.8) is 0 Å². The monoisotopic (exact) mass is 95.1 g/mol. The lowest BCUT2D eigenvalue weighted by Crippen LogP contribution is -2.00. The molecule has 0 heterocycles. The molecule has 0 radical (unpaired) electrons. The molecule has 0 N–H and O–H groups in total. The Morgan fingerprint density at radius 3 is 2.71 bits per heavy atom. The molecule has 0 bridgehead atoms. The predicted molar refractivity (Wildman–Crippen MR) is 30.7 cm³/mol. The third-order valence-corrected chi connectivity index (χ3v) is 1.11. The van der Waals surface area contributed by atoms with Gasteiger partial charge in [0.15, 0.2) is 0 Å². The predicted octanol–water partition coefficient (Wildman–Crippen LogP) is 1.35. The lowest BCUT2D eigenvalue weighted by molar-refractivity contribution is 0.593. The quantitative estimate of drug-likeness (QED) is 0.500. The summed E-state index contributed by atoms with van der Waals surface area (Å²) in [4.78, 5) is 2.03. The van der Waals surface area contributed by atoms with Crippen molar-refractivity contribution < 1.29 is 0 Å². The van der Waals surface area contributed by atoms with Gasteiger partial charge in [-0.15, -0.1) is 0 Å². The number of hydrogen-bond acceptors (Lipinski definition) is 1. The molecule has 1 heteroatoms. The summed E-state index contributed by atoms with van der Waals surface area (Å²) >= 11 is 0. The minimum atomic E-state index is 1.16. The summed E-state index contributed by atoms with van der Waals surface area (Å²) in [7, 11) is 2.01. The molecule has 1 aliphatic carbocycles. The van der Waals surface area contributed by atoms with Crippen LogP contribution in [-0.2, 0) is 0 Å². The van der Waals surface area contributed by atoms with Gasteiger partial charge in [-0.3, -0.25) is 0 Å². The summed E-state index contributed by atoms with van der Waals surface area (Å²) in [5, 5.41) is 0. The zero-order valence-corrected chi connectivity index (χ0v) is 4.52. The molecule has 0 aromatic rings. The molecule has 0 unspecified atom stereocenters. The average Bonchev–Trinajstić information content (AvgIpc) is 2.44. The maximum absolute atomic E-state index is 3.61. The molecule has 1 nitrogen and oxygen atoms in total. The molecular weight excluding hydrogens is 86.1 g/mol. The van der Waals surface area contributed by atoms with Crippen LogP contribution in [0.15, 0.2) is 24.6 Å². The van der Waals surface area contributed by atoms with Crippen molar-refractivity contribution in [2.24, 2.45) is 0 Å². The van der Waals surface area contributed by atoms with Gasteiger partial charge in [-0.25, -0.2) is 0 Å². The number of rotatable bonds is 2. The summed E-state index contributed by atoms with van der Waals surface area (Å²) in [5.74, 6) is 0. The maximum Gasteiger partial charge on any atom is 0.0173 e. The summed E-state index contributed by atoms with van der Waals surface area (Å²) in [5.41, 5.74) is 1.38. The lowest BCUT2D eigenvalue weighted by atomic mass is 10.7. The molecule has 0 atom stereocenters. The van der Waals surface area contributed by atoms with Crippen LogP contribution >= 0.6 is 0 Å². The standard InChI is InChI=1S/C6H9N/c1-3-7(2)6-4-5-6/h3-4H,1,5H2,2H3. The van der Waals surface area contributed by atoms with Crippen LogP contribution in [0.2, 0.25) is 0 Å². The van der Waals surface area contributed by atoms with E-state index in [1.165, 1.54) is 5.70 Å². The van der Waals surface area contributed by atoms with Crippen LogP contribution in [-0.4, -0.2) is 11.9 Å². The molecule has 0 amide bonds. The zero-order valence-electron chi connectivity index (χ0n) is 4.52. The summed E-state index contributed by atoms with van der Waals surface area (Å²) in [6.45, 7) is 3.61. The van der Waals surface area contributed by atoms with Crippen LogP contribution in [0.4, 0.5) is 0 Å². The highest BCUT2D eigenvalue weighted by Gasteiger charge is 2.08. The van der Waals surface area contributed by atoms with Gasteiger partial charge >= 0.3 is 0 Å². The van der Waals surface area contributed by atoms with Gasteiger partial charge in [0.1, 0.15) is 0 Å². The normalized spacial score (nSPS) is 15.3. The fourth-order valence-corrected chi connectivity index (χ4v) is 0.451. The first-order valence-corrected chi connectivity index (χ1v) is 2.39. The highest BCUT2D eigenvalue weighted by Crippen LogP contribution is 2.20. The van der Waals surface area contributed by atoms with Crippen LogP contribution in [0, 0.1) is 0 Å². The third-order valence-electron chi connectivity index (χ3n) is 1.11. The second kappa shape index (κ2) is 1.41. The van der Waals surface area contributed by atoms with Crippen LogP contribution in [0.3, 0.4) is 0 Å². The molecule has 38 valence electrons. The fraction of sp³-hybridized carbons (Fsp3) is 0.333. The Kier molecular flexibility index (Phi) is 0.895. The molecule has 0 saturated heterocycles. The Morgan fingerprint density at radius 2 is 2.57 bits per heavy atom. The van der Waals surface area contributed by atoms with Crippen molar-refractivity contribution in [1.29, 1.82) is 0 Å². The highest BCUT2D eigenvalue weighted by atomic mass is 15.1. The van der Waals surface area contributed by atoms with E-state index in [0.717, 1.165) is 6.42 Å². The molecule has 7 heavy (non-hydrogen) atoms. The van der Waals surface area contributed by atoms with Crippen LogP contribution < -0.4 is 0 Å². The van der Waals surface area contributed by atoms with Crippen molar-refractivity contribution in [2.75, 3.05) is 7.05 Å². The summed E-state index contributed by atoms with van der Waals surface area (Å²) < 4.78 is 0. The average molecular weight is 95.1 g/mol. The summed E-state index contributed by atoms with van der Waals surface area (Å²) in [6.07, 6.45) is 5.14. The molecule has 0 spiro atoms. The first-order valence-electron chi connectivity index (χ1n) is 2.39. The molecular formula is C6H9N. The van der Waals surface area contributed by atoms with Crippen LogP contribution in [0.5, 0.6) is 0 Å². The van der Waals surface area contributed by atoms with Crippen molar-refractivity contribution in [2.45, 2.75) is 6.42 Å². The Labute approximate surface area is 43.9 Å². The molecule has 1 rings (SSSR count). The van der Waals surface area contributed by atoms with Crippen molar-refractivity contribution in [3.8, 4) is 0 Å². The second-order valence-electron chi connectivity index (χ2n) is 1.69. The molecule has 0 aromatic heterocycles. The fourth-order valence-electron chi connectivity index (χ4n) is 0.451. The third kappa shape index (κ3) is 0.829. The number of allylic oxidation sites excluding steroid dienone is 2. The Hall–Kier alpha value is -0.720. The highest BCUT2D eigenvalue weighted by molar-refractivity contribution is 5.21. The van der Waals surface area contributed by atoms with Gasteiger partial charge in [-0.1, -0.05) is 12.7 Å². The van der Waals surface area contributed by atoms with Crippen LogP contribution in [0.1, 0.15) is 6.42 Å². The summed E-state index contributed by atoms with van der Waals surface area (Å²) in [6, 6.07) is 0. The van der Waals surface area contributed by atoms with Crippen molar-refractivity contribution in [3.05, 3.63) is 24.6 Å². The molecule has 0 aliphatic heterocycles. The first kappa shape index (κ1) is 4.44. The van der Waals surface area contributed by atoms with Gasteiger partial charge in [-0.2, -0.15) is 0 Å². The van der Waals surface area contributed by atoms with E-state index in [0.29, 0.717) is 0 Å². The first-order chi connectivity index (χ1) is 3.34. The number of nitrogens with zero attached hydrogens (tertiary/aromatic N) is 1. The van der Waals surface area contributed by atoms with E-state index in [4.69, 9.17) is 0 Å². The van der Waals surface area contributed by atoms with Gasteiger partial charge in [0.05, 0.1) is 0 Å². The molecule has 0 fully saturated rings. The Morgan fingerprint density at radius 1 is 2.00 bits per heavy atom. The smallest absolute Gasteiger partial charge is 0.0173 e. The van der Waals surface area contributed by atoms with E-state index in [1.54, 1.807) is 0 Å². The second-order valence-corrected chi connectivity index (χ2v) is 1.69. The van der Waals surface area contributed by atoms with Gasteiger partial charge in [0.25, 0.3) is 0 Å². The van der Waals surface area contributed by atoms with E-state index < -0.39 is 0 Å². The Bertz CT molecular complexity index is 113. The number of hydrogen-bond donors (Lipinski definition) is 0.